The first-order chi connectivity index (χ1) is 13.6. The minimum atomic E-state index is -0.392. The van der Waals surface area contributed by atoms with E-state index in [1.165, 1.54) is 18.2 Å². The van der Waals surface area contributed by atoms with Crippen LogP contribution in [0.25, 0.3) is 22.2 Å². The summed E-state index contributed by atoms with van der Waals surface area (Å²) in [4.78, 5) is 13.0. The SMILES string of the molecule is O=[N+]([O-])c1ccc2c(c1)c(C1=CCN(CCO)CC1)cn2-c1ccc(F)cc1. The van der Waals surface area contributed by atoms with E-state index in [1.807, 2.05) is 10.8 Å². The lowest BCUT2D eigenvalue weighted by Crippen LogP contribution is -2.31. The number of halogens is 1. The summed E-state index contributed by atoms with van der Waals surface area (Å²) in [6, 6.07) is 11.0. The van der Waals surface area contributed by atoms with Crippen LogP contribution in [0.4, 0.5) is 10.1 Å². The molecule has 1 aliphatic heterocycles. The number of aliphatic hydroxyl groups is 1. The van der Waals surface area contributed by atoms with Crippen molar-refractivity contribution in [1.29, 1.82) is 0 Å². The molecule has 0 atom stereocenters. The van der Waals surface area contributed by atoms with Crippen molar-refractivity contribution in [3.8, 4) is 5.69 Å². The van der Waals surface area contributed by atoms with Gasteiger partial charge in [-0.15, -0.1) is 0 Å². The molecule has 28 heavy (non-hydrogen) atoms. The van der Waals surface area contributed by atoms with Gasteiger partial charge in [0.2, 0.25) is 0 Å². The maximum absolute atomic E-state index is 13.3. The molecule has 4 rings (SSSR count). The first-order valence-corrected chi connectivity index (χ1v) is 9.15. The average Bonchev–Trinajstić information content (AvgIpc) is 3.08. The summed E-state index contributed by atoms with van der Waals surface area (Å²) >= 11 is 0. The quantitative estimate of drug-likeness (QED) is 0.540. The minimum absolute atomic E-state index is 0.0453. The van der Waals surface area contributed by atoms with E-state index in [0.717, 1.165) is 47.2 Å². The molecule has 7 heteroatoms. The molecule has 0 amide bonds. The second-order valence-corrected chi connectivity index (χ2v) is 6.85. The highest BCUT2D eigenvalue weighted by atomic mass is 19.1. The average molecular weight is 381 g/mol. The number of nitro benzene ring substituents is 1. The molecule has 0 saturated heterocycles. The molecule has 0 bridgehead atoms. The molecule has 2 heterocycles. The molecule has 0 spiro atoms. The van der Waals surface area contributed by atoms with Crippen LogP contribution in [0.1, 0.15) is 12.0 Å². The molecule has 144 valence electrons. The molecule has 0 radical (unpaired) electrons. The highest BCUT2D eigenvalue weighted by Crippen LogP contribution is 2.34. The molecule has 0 unspecified atom stereocenters. The second-order valence-electron chi connectivity index (χ2n) is 6.85. The Morgan fingerprint density at radius 1 is 1.18 bits per heavy atom. The fourth-order valence-electron chi connectivity index (χ4n) is 3.70. The molecular formula is C21H20FN3O3. The van der Waals surface area contributed by atoms with E-state index < -0.39 is 4.92 Å². The van der Waals surface area contributed by atoms with Crippen molar-refractivity contribution < 1.29 is 14.4 Å². The van der Waals surface area contributed by atoms with E-state index >= 15 is 0 Å². The Kier molecular flexibility index (Phi) is 4.93. The fourth-order valence-corrected chi connectivity index (χ4v) is 3.70. The summed E-state index contributed by atoms with van der Waals surface area (Å²) < 4.78 is 15.3. The van der Waals surface area contributed by atoms with Crippen LogP contribution in [-0.4, -0.2) is 45.7 Å². The van der Waals surface area contributed by atoms with Crippen LogP contribution >= 0.6 is 0 Å². The zero-order valence-electron chi connectivity index (χ0n) is 15.2. The number of aromatic nitrogens is 1. The van der Waals surface area contributed by atoms with Gasteiger partial charge in [0.1, 0.15) is 5.82 Å². The van der Waals surface area contributed by atoms with E-state index in [1.54, 1.807) is 24.3 Å². The van der Waals surface area contributed by atoms with Crippen molar-refractivity contribution >= 4 is 22.2 Å². The number of rotatable bonds is 5. The molecule has 2 aromatic carbocycles. The number of aliphatic hydroxyl groups excluding tert-OH is 1. The molecule has 1 aliphatic rings. The van der Waals surface area contributed by atoms with Gasteiger partial charge in [0.25, 0.3) is 5.69 Å². The lowest BCUT2D eigenvalue weighted by atomic mass is 9.98. The zero-order valence-corrected chi connectivity index (χ0v) is 15.2. The first kappa shape index (κ1) is 18.3. The van der Waals surface area contributed by atoms with Crippen molar-refractivity contribution in [2.75, 3.05) is 26.2 Å². The number of nitro groups is 1. The number of β-amino-alcohol motifs (C(OH)–C–C–N with tert-alkyl or cyclic N) is 1. The summed E-state index contributed by atoms with van der Waals surface area (Å²) in [6.45, 7) is 2.31. The molecule has 0 fully saturated rings. The highest BCUT2D eigenvalue weighted by molar-refractivity contribution is 5.95. The molecule has 1 aromatic heterocycles. The van der Waals surface area contributed by atoms with E-state index in [2.05, 4.69) is 11.0 Å². The van der Waals surface area contributed by atoms with Gasteiger partial charge < -0.3 is 9.67 Å². The maximum atomic E-state index is 13.3. The summed E-state index contributed by atoms with van der Waals surface area (Å²) in [5.74, 6) is -0.310. The third-order valence-corrected chi connectivity index (χ3v) is 5.16. The van der Waals surface area contributed by atoms with Crippen LogP contribution in [0, 0.1) is 15.9 Å². The lowest BCUT2D eigenvalue weighted by molar-refractivity contribution is -0.384. The van der Waals surface area contributed by atoms with E-state index in [4.69, 9.17) is 5.11 Å². The molecular weight excluding hydrogens is 361 g/mol. The van der Waals surface area contributed by atoms with Crippen LogP contribution < -0.4 is 0 Å². The third-order valence-electron chi connectivity index (χ3n) is 5.16. The zero-order chi connectivity index (χ0) is 19.7. The normalized spacial score (nSPS) is 15.0. The Balaban J connectivity index is 1.84. The number of hydrogen-bond acceptors (Lipinski definition) is 4. The fraction of sp³-hybridized carbons (Fsp3) is 0.238. The lowest BCUT2D eigenvalue weighted by Gasteiger charge is -2.25. The number of benzene rings is 2. The second kappa shape index (κ2) is 7.53. The summed E-state index contributed by atoms with van der Waals surface area (Å²) in [5, 5.41) is 21.2. The van der Waals surface area contributed by atoms with Crippen molar-refractivity contribution in [3.05, 3.63) is 76.2 Å². The van der Waals surface area contributed by atoms with E-state index in [9.17, 15) is 14.5 Å². The number of hydrogen-bond donors (Lipinski definition) is 1. The first-order valence-electron chi connectivity index (χ1n) is 9.15. The Bertz CT molecular complexity index is 1060. The summed E-state index contributed by atoms with van der Waals surface area (Å²) in [6.07, 6.45) is 4.88. The van der Waals surface area contributed by atoms with Crippen LogP contribution in [0.15, 0.2) is 54.7 Å². The van der Waals surface area contributed by atoms with Gasteiger partial charge in [-0.3, -0.25) is 15.0 Å². The van der Waals surface area contributed by atoms with Gasteiger partial charge in [0.15, 0.2) is 0 Å². The van der Waals surface area contributed by atoms with Crippen molar-refractivity contribution in [3.63, 3.8) is 0 Å². The Morgan fingerprint density at radius 3 is 2.61 bits per heavy atom. The van der Waals surface area contributed by atoms with Gasteiger partial charge in [0.05, 0.1) is 17.0 Å². The highest BCUT2D eigenvalue weighted by Gasteiger charge is 2.19. The monoisotopic (exact) mass is 381 g/mol. The van der Waals surface area contributed by atoms with Gasteiger partial charge in [-0.25, -0.2) is 4.39 Å². The van der Waals surface area contributed by atoms with Crippen LogP contribution in [0.2, 0.25) is 0 Å². The summed E-state index contributed by atoms with van der Waals surface area (Å²) in [5.41, 5.74) is 3.76. The van der Waals surface area contributed by atoms with Crippen molar-refractivity contribution in [1.82, 2.24) is 9.47 Å². The van der Waals surface area contributed by atoms with Gasteiger partial charge in [0, 0.05) is 54.6 Å². The largest absolute Gasteiger partial charge is 0.395 e. The van der Waals surface area contributed by atoms with Crippen molar-refractivity contribution in [2.24, 2.45) is 0 Å². The minimum Gasteiger partial charge on any atom is -0.395 e. The number of fused-ring (bicyclic) bond motifs is 1. The molecule has 6 nitrogen and oxygen atoms in total. The standard InChI is InChI=1S/C21H20FN3O3/c22-16-1-3-17(4-2-16)24-14-20(15-7-9-23(10-8-15)11-12-26)19-13-18(25(27)28)5-6-21(19)24/h1-7,13-14,26H,8-12H2. The van der Waals surface area contributed by atoms with Crippen LogP contribution in [0.3, 0.4) is 0 Å². The topological polar surface area (TPSA) is 71.5 Å². The Labute approximate surface area is 161 Å². The number of nitrogens with zero attached hydrogens (tertiary/aromatic N) is 3. The maximum Gasteiger partial charge on any atom is 0.270 e. The van der Waals surface area contributed by atoms with Crippen LogP contribution in [0.5, 0.6) is 0 Å². The molecule has 0 saturated carbocycles. The van der Waals surface area contributed by atoms with Crippen LogP contribution in [-0.2, 0) is 0 Å². The molecule has 0 aliphatic carbocycles. The van der Waals surface area contributed by atoms with Crippen molar-refractivity contribution in [2.45, 2.75) is 6.42 Å². The predicted molar refractivity (Wildman–Crippen MR) is 106 cm³/mol. The van der Waals surface area contributed by atoms with E-state index in [-0.39, 0.29) is 18.1 Å². The summed E-state index contributed by atoms with van der Waals surface area (Å²) in [7, 11) is 0. The Hall–Kier alpha value is -3.03. The van der Waals surface area contributed by atoms with Gasteiger partial charge in [-0.2, -0.15) is 0 Å². The van der Waals surface area contributed by atoms with E-state index in [0.29, 0.717) is 6.54 Å². The van der Waals surface area contributed by atoms with Gasteiger partial charge >= 0.3 is 0 Å². The third kappa shape index (κ3) is 3.42. The van der Waals surface area contributed by atoms with Gasteiger partial charge in [-0.05, 0) is 42.3 Å². The molecule has 3 aromatic rings. The predicted octanol–water partition coefficient (Wildman–Crippen LogP) is 3.76. The number of non-ortho nitro benzene ring substituents is 1. The smallest absolute Gasteiger partial charge is 0.270 e. The van der Waals surface area contributed by atoms with Gasteiger partial charge in [-0.1, -0.05) is 6.08 Å². The Morgan fingerprint density at radius 2 is 1.96 bits per heavy atom. The molecule has 1 N–H and O–H groups in total.